The minimum atomic E-state index is -0.118. The van der Waals surface area contributed by atoms with Crippen LogP contribution in [0.15, 0.2) is 65.6 Å². The lowest BCUT2D eigenvalue weighted by molar-refractivity contribution is 0.197. The topological polar surface area (TPSA) is 65.9 Å². The van der Waals surface area contributed by atoms with Crippen molar-refractivity contribution < 1.29 is 4.74 Å². The van der Waals surface area contributed by atoms with Gasteiger partial charge >= 0.3 is 0 Å². The first-order valence-electron chi connectivity index (χ1n) is 9.93. The van der Waals surface area contributed by atoms with E-state index in [9.17, 15) is 4.79 Å². The lowest BCUT2D eigenvalue weighted by Crippen LogP contribution is -2.47. The third-order valence-electron chi connectivity index (χ3n) is 5.46. The molecular formula is C22H23N5O2. The molecule has 0 radical (unpaired) electrons. The third-order valence-corrected chi connectivity index (χ3v) is 5.46. The van der Waals surface area contributed by atoms with E-state index in [-0.39, 0.29) is 5.56 Å². The second kappa shape index (κ2) is 7.60. The quantitative estimate of drug-likeness (QED) is 0.568. The molecule has 1 aromatic carbocycles. The molecule has 1 N–H and O–H groups in total. The van der Waals surface area contributed by atoms with Gasteiger partial charge in [0.25, 0.3) is 5.56 Å². The zero-order chi connectivity index (χ0) is 19.6. The first kappa shape index (κ1) is 17.8. The summed E-state index contributed by atoms with van der Waals surface area (Å²) in [4.78, 5) is 24.4. The van der Waals surface area contributed by atoms with Crippen molar-refractivity contribution in [3.63, 3.8) is 0 Å². The van der Waals surface area contributed by atoms with Crippen LogP contribution in [0, 0.1) is 0 Å². The maximum Gasteiger partial charge on any atom is 0.272 e. The average molecular weight is 389 g/mol. The Bertz CT molecular complexity index is 1180. The third kappa shape index (κ3) is 3.56. The van der Waals surface area contributed by atoms with E-state index in [4.69, 9.17) is 4.74 Å². The van der Waals surface area contributed by atoms with Gasteiger partial charge in [-0.2, -0.15) is 4.98 Å². The maximum absolute atomic E-state index is 12.1. The minimum absolute atomic E-state index is 0.118. The predicted octanol–water partition coefficient (Wildman–Crippen LogP) is 2.38. The monoisotopic (exact) mass is 389 g/mol. The van der Waals surface area contributed by atoms with Gasteiger partial charge in [0, 0.05) is 50.7 Å². The molecule has 0 spiro atoms. The van der Waals surface area contributed by atoms with Gasteiger partial charge < -0.3 is 14.6 Å². The van der Waals surface area contributed by atoms with Crippen molar-refractivity contribution in [2.75, 3.05) is 44.2 Å². The smallest absolute Gasteiger partial charge is 0.272 e. The summed E-state index contributed by atoms with van der Waals surface area (Å²) in [5, 5.41) is 0. The molecule has 5 rings (SSSR count). The lowest BCUT2D eigenvalue weighted by atomic mass is 10.2. The number of rotatable bonds is 5. The fraction of sp³-hybridized carbons (Fsp3) is 0.273. The molecule has 4 aromatic rings. The van der Waals surface area contributed by atoms with Crippen LogP contribution in [0.4, 0.5) is 5.69 Å². The van der Waals surface area contributed by atoms with Crippen LogP contribution < -0.4 is 15.2 Å². The molecule has 1 saturated heterocycles. The van der Waals surface area contributed by atoms with Gasteiger partial charge in [-0.05, 0) is 30.3 Å². The lowest BCUT2D eigenvalue weighted by Gasteiger charge is -2.36. The van der Waals surface area contributed by atoms with Gasteiger partial charge in [0.2, 0.25) is 5.88 Å². The molecule has 1 aliphatic heterocycles. The fourth-order valence-corrected chi connectivity index (χ4v) is 3.88. The molecule has 1 fully saturated rings. The molecule has 0 amide bonds. The van der Waals surface area contributed by atoms with Gasteiger partial charge in [0.15, 0.2) is 5.65 Å². The molecule has 7 heteroatoms. The first-order valence-corrected chi connectivity index (χ1v) is 9.93. The number of fused-ring (bicyclic) bond motifs is 3. The van der Waals surface area contributed by atoms with Crippen LogP contribution in [-0.2, 0) is 0 Å². The molecule has 0 atom stereocenters. The van der Waals surface area contributed by atoms with Crippen LogP contribution in [0.5, 0.6) is 5.88 Å². The number of nitrogens with one attached hydrogen (secondary N) is 1. The molecule has 29 heavy (non-hydrogen) atoms. The number of nitrogens with zero attached hydrogens (tertiary/aromatic N) is 4. The van der Waals surface area contributed by atoms with E-state index in [0.29, 0.717) is 29.2 Å². The van der Waals surface area contributed by atoms with Crippen molar-refractivity contribution in [3.05, 3.63) is 71.1 Å². The van der Waals surface area contributed by atoms with E-state index in [0.717, 1.165) is 32.7 Å². The molecule has 0 bridgehead atoms. The Balaban J connectivity index is 1.20. The van der Waals surface area contributed by atoms with E-state index in [1.54, 1.807) is 16.5 Å². The second-order valence-electron chi connectivity index (χ2n) is 7.25. The molecular weight excluding hydrogens is 366 g/mol. The van der Waals surface area contributed by atoms with Crippen molar-refractivity contribution in [2.24, 2.45) is 0 Å². The summed E-state index contributed by atoms with van der Waals surface area (Å²) in [6, 6.07) is 17.8. The highest BCUT2D eigenvalue weighted by Gasteiger charge is 2.17. The summed E-state index contributed by atoms with van der Waals surface area (Å²) < 4.78 is 7.71. The van der Waals surface area contributed by atoms with Gasteiger partial charge in [-0.25, -0.2) is 0 Å². The normalized spacial score (nSPS) is 15.2. The molecule has 148 valence electrons. The summed E-state index contributed by atoms with van der Waals surface area (Å²) in [6.45, 7) is 5.55. The van der Waals surface area contributed by atoms with E-state index in [1.807, 2.05) is 18.3 Å². The van der Waals surface area contributed by atoms with Gasteiger partial charge in [0.1, 0.15) is 12.1 Å². The van der Waals surface area contributed by atoms with Gasteiger partial charge in [0.05, 0.1) is 5.52 Å². The van der Waals surface area contributed by atoms with Crippen LogP contribution >= 0.6 is 0 Å². The predicted molar refractivity (Wildman–Crippen MR) is 114 cm³/mol. The number of piperazine rings is 1. The van der Waals surface area contributed by atoms with Crippen molar-refractivity contribution in [1.29, 1.82) is 0 Å². The number of pyridine rings is 1. The molecule has 4 heterocycles. The Labute approximate surface area is 168 Å². The van der Waals surface area contributed by atoms with Crippen molar-refractivity contribution in [3.8, 4) is 5.88 Å². The highest BCUT2D eigenvalue weighted by molar-refractivity contribution is 5.74. The zero-order valence-corrected chi connectivity index (χ0v) is 16.1. The van der Waals surface area contributed by atoms with Crippen LogP contribution in [0.25, 0.3) is 16.7 Å². The second-order valence-corrected chi connectivity index (χ2v) is 7.25. The van der Waals surface area contributed by atoms with E-state index in [2.05, 4.69) is 50.1 Å². The number of benzene rings is 1. The molecule has 3 aromatic heterocycles. The van der Waals surface area contributed by atoms with Crippen LogP contribution in [0.3, 0.4) is 0 Å². The zero-order valence-electron chi connectivity index (χ0n) is 16.1. The number of anilines is 1. The minimum Gasteiger partial charge on any atom is -0.476 e. The molecule has 7 nitrogen and oxygen atoms in total. The van der Waals surface area contributed by atoms with Crippen molar-refractivity contribution >= 4 is 22.4 Å². The Morgan fingerprint density at radius 2 is 1.79 bits per heavy atom. The highest BCUT2D eigenvalue weighted by atomic mass is 16.5. The van der Waals surface area contributed by atoms with Gasteiger partial charge in [-0.3, -0.25) is 14.1 Å². The van der Waals surface area contributed by atoms with E-state index < -0.39 is 0 Å². The summed E-state index contributed by atoms with van der Waals surface area (Å²) >= 11 is 0. The van der Waals surface area contributed by atoms with E-state index in [1.165, 1.54) is 5.69 Å². The highest BCUT2D eigenvalue weighted by Crippen LogP contribution is 2.17. The summed E-state index contributed by atoms with van der Waals surface area (Å²) in [6.07, 6.45) is 1.84. The van der Waals surface area contributed by atoms with Gasteiger partial charge in [-0.15, -0.1) is 0 Å². The number of ether oxygens (including phenoxy) is 1. The molecule has 0 aliphatic carbocycles. The number of aromatic nitrogens is 3. The molecule has 1 aliphatic rings. The number of hydrogen-bond acceptors (Lipinski definition) is 5. The number of H-pyrrole nitrogens is 1. The summed E-state index contributed by atoms with van der Waals surface area (Å²) in [5.41, 5.74) is 3.14. The average Bonchev–Trinajstić information content (AvgIpc) is 3.26. The number of hydrogen-bond donors (Lipinski definition) is 1. The Morgan fingerprint density at radius 1 is 0.966 bits per heavy atom. The SMILES string of the molecule is O=c1[nH]c2ccc(OCCN3CCN(c4ccccc4)CC3)nc2n2cccc12. The number of aromatic amines is 1. The van der Waals surface area contributed by atoms with Crippen LogP contribution in [0.2, 0.25) is 0 Å². The Hall–Kier alpha value is -3.32. The molecule has 0 saturated carbocycles. The van der Waals surface area contributed by atoms with Crippen LogP contribution in [0.1, 0.15) is 0 Å². The van der Waals surface area contributed by atoms with Crippen molar-refractivity contribution in [1.82, 2.24) is 19.3 Å². The Kier molecular flexibility index (Phi) is 4.65. The number of para-hydroxylation sites is 1. The standard InChI is InChI=1S/C22H23N5O2/c28-22-19-7-4-10-27(19)21-18(23-22)8-9-20(24-21)29-16-15-25-11-13-26(14-12-25)17-5-2-1-3-6-17/h1-10H,11-16H2,(H,23,28). The van der Waals surface area contributed by atoms with E-state index >= 15 is 0 Å². The molecule has 0 unspecified atom stereocenters. The Morgan fingerprint density at radius 3 is 2.62 bits per heavy atom. The van der Waals surface area contributed by atoms with Crippen molar-refractivity contribution in [2.45, 2.75) is 0 Å². The summed E-state index contributed by atoms with van der Waals surface area (Å²) in [7, 11) is 0. The first-order chi connectivity index (χ1) is 14.3. The largest absolute Gasteiger partial charge is 0.476 e. The summed E-state index contributed by atoms with van der Waals surface area (Å²) in [5.74, 6) is 0.572. The van der Waals surface area contributed by atoms with Gasteiger partial charge in [-0.1, -0.05) is 18.2 Å². The fourth-order valence-electron chi connectivity index (χ4n) is 3.88. The maximum atomic E-state index is 12.1. The van der Waals surface area contributed by atoms with Crippen LogP contribution in [-0.4, -0.2) is 58.6 Å².